The van der Waals surface area contributed by atoms with E-state index < -0.39 is 272 Å². The number of phenolic OH excluding ortho intramolecular Hbond substituents is 1. The standard InChI is InChI=1S/C87H122N24O22S/c1-7-9-22-64-79(126)99-55(21-15-29-94-87(92)93)75(122)106-63(74(121)97-40-71(91)118)43-134-44-72(119)98-58(31-46-25-27-49(113)28-26-46)82(129)107(4)45(3)73(120)102-60(36-69(89)116)84(131)110-30-16-24-65(110)80(127)101-57(35-68(88)115)77(124)104-61(37-70(90)117)85(132)111-41-50(114)34-67(111)81(128)100-56(32-47-38-95-53-19-13-11-17-51(47)53)76(123)105-62(42-112)78(125)103-59(33-48-39-96-54-20-14-12-18-52(48)54)83(130)109(6)66(23-10-8-2)86(133)108(64)5/h11-14,17-20,25-28,38-39,45,50,55-67,95-96,112-114H,7-10,15-16,21-24,29-37,40-44H2,1-6H3,(H2,88,115)(H2,89,116)(H2,90,117)(H2,91,118)(H,97,121)(H,98,119)(H,99,126)(H,100,128)(H,101,127)(H,102,120)(H,103,125)(H,104,124)(H,105,123)(H,106,122)(H4,92,93,94)/t45-,50+,55-,56-,57-,58-,59-,60-,61-,62-,63?,64-,65-,66-,67-/m0/s1. The lowest BCUT2D eigenvalue weighted by molar-refractivity contribution is -0.149. The Bertz CT molecular complexity index is 5130. The van der Waals surface area contributed by atoms with Crippen LogP contribution in [0.2, 0.25) is 0 Å². The first-order valence-electron chi connectivity index (χ1n) is 44.0. The Kier molecular flexibility index (Phi) is 39.3. The molecule has 3 saturated heterocycles. The number of unbranched alkanes of at least 4 members (excludes halogenated alkanes) is 2. The zero-order valence-electron chi connectivity index (χ0n) is 75.3. The number of aromatic hydroxyl groups is 1. The predicted molar refractivity (Wildman–Crippen MR) is 486 cm³/mol. The summed E-state index contributed by atoms with van der Waals surface area (Å²) in [6, 6.07) is -4.59. The number of carbonyl (C=O) groups excluding carboxylic acids is 19. The van der Waals surface area contributed by atoms with E-state index in [1.807, 2.05) is 13.8 Å². The third-order valence-corrected chi connectivity index (χ3v) is 24.5. The van der Waals surface area contributed by atoms with Crippen molar-refractivity contribution in [3.63, 3.8) is 0 Å². The molecule has 134 heavy (non-hydrogen) atoms. The average molecular weight is 1890 g/mol. The summed E-state index contributed by atoms with van der Waals surface area (Å²) in [7, 11) is 3.80. The van der Waals surface area contributed by atoms with E-state index in [1.54, 1.807) is 54.7 Å². The van der Waals surface area contributed by atoms with Gasteiger partial charge in [-0.25, -0.2) is 0 Å². The third-order valence-electron chi connectivity index (χ3n) is 23.4. The first-order valence-corrected chi connectivity index (χ1v) is 45.2. The van der Waals surface area contributed by atoms with E-state index in [-0.39, 0.29) is 70.2 Å². The van der Waals surface area contributed by atoms with E-state index >= 15 is 33.6 Å². The van der Waals surface area contributed by atoms with E-state index in [0.717, 1.165) is 36.3 Å². The number of aromatic amines is 2. The van der Waals surface area contributed by atoms with Crippen molar-refractivity contribution >= 4 is 152 Å². The largest absolute Gasteiger partial charge is 0.508 e. The first-order chi connectivity index (χ1) is 63.6. The van der Waals surface area contributed by atoms with Gasteiger partial charge in [0.2, 0.25) is 112 Å². The van der Waals surface area contributed by atoms with Crippen molar-refractivity contribution in [3.8, 4) is 5.75 Å². The van der Waals surface area contributed by atoms with Crippen molar-refractivity contribution in [2.24, 2.45) is 28.7 Å². The zero-order valence-corrected chi connectivity index (χ0v) is 76.2. The summed E-state index contributed by atoms with van der Waals surface area (Å²) in [5.74, 6) is -22.1. The van der Waals surface area contributed by atoms with Gasteiger partial charge in [0, 0.05) is 106 Å². The van der Waals surface area contributed by atoms with Crippen LogP contribution in [0.1, 0.15) is 127 Å². The molecule has 0 aliphatic carbocycles. The van der Waals surface area contributed by atoms with Crippen LogP contribution >= 0.6 is 11.8 Å². The van der Waals surface area contributed by atoms with Gasteiger partial charge in [-0.05, 0) is 86.4 Å². The number of para-hydroxylation sites is 2. The van der Waals surface area contributed by atoms with Crippen LogP contribution in [-0.4, -0.2) is 324 Å². The van der Waals surface area contributed by atoms with Gasteiger partial charge >= 0.3 is 0 Å². The Hall–Kier alpha value is -14.0. The number of aliphatic hydroxyl groups is 2. The number of H-pyrrole nitrogens is 2. The minimum Gasteiger partial charge on any atom is -0.508 e. The predicted octanol–water partition coefficient (Wildman–Crippen LogP) is -6.19. The number of guanidine groups is 1. The van der Waals surface area contributed by atoms with Crippen LogP contribution in [0.5, 0.6) is 5.75 Å². The summed E-state index contributed by atoms with van der Waals surface area (Å²) < 4.78 is 0. The van der Waals surface area contributed by atoms with Crippen molar-refractivity contribution in [1.29, 1.82) is 5.41 Å². The zero-order chi connectivity index (χ0) is 98.5. The van der Waals surface area contributed by atoms with Gasteiger partial charge in [0.05, 0.1) is 44.3 Å². The summed E-state index contributed by atoms with van der Waals surface area (Å²) in [5, 5.41) is 69.4. The number of rotatable bonds is 26. The van der Waals surface area contributed by atoms with Gasteiger partial charge < -0.3 is 137 Å². The molecule has 0 spiro atoms. The number of fused-ring (bicyclic) bond motifs is 4. The molecule has 8 rings (SSSR count). The Labute approximate surface area is 775 Å². The molecule has 5 aromatic rings. The molecular formula is C87H122N24O22S. The van der Waals surface area contributed by atoms with E-state index in [1.165, 1.54) is 58.5 Å². The number of aromatic nitrogens is 2. The molecule has 3 aromatic carbocycles. The van der Waals surface area contributed by atoms with Gasteiger partial charge in [0.25, 0.3) is 0 Å². The fraction of sp³-hybridized carbons (Fsp3) is 0.517. The monoisotopic (exact) mass is 1890 g/mol. The van der Waals surface area contributed by atoms with Crippen LogP contribution in [-0.2, 0) is 110 Å². The number of amides is 19. The number of hydrogen-bond acceptors (Lipinski definition) is 24. The summed E-state index contributed by atoms with van der Waals surface area (Å²) in [6.07, 6.45) is -1.77. The molecule has 3 aliphatic rings. The van der Waals surface area contributed by atoms with Gasteiger partial charge in [0.1, 0.15) is 90.3 Å². The smallest absolute Gasteiger partial charge is 0.246 e. The minimum atomic E-state index is -2.06. The fourth-order valence-corrected chi connectivity index (χ4v) is 16.9. The Morgan fingerprint density at radius 2 is 0.978 bits per heavy atom. The molecule has 15 atom stereocenters. The lowest BCUT2D eigenvalue weighted by Gasteiger charge is -2.36. The lowest BCUT2D eigenvalue weighted by Crippen LogP contribution is -2.62. The molecule has 5 heterocycles. The number of nitrogens with zero attached hydrogens (tertiary/aromatic N) is 5. The third kappa shape index (κ3) is 29.5. The van der Waals surface area contributed by atoms with Crippen molar-refractivity contribution in [2.45, 2.75) is 221 Å². The molecule has 2 aromatic heterocycles. The number of likely N-dealkylation sites (N-methyl/N-ethyl adjacent to an activating group) is 3. The second-order valence-corrected chi connectivity index (χ2v) is 34.4. The summed E-state index contributed by atoms with van der Waals surface area (Å²) in [6.45, 7) is 2.01. The summed E-state index contributed by atoms with van der Waals surface area (Å²) in [5.41, 5.74) is 30.4. The second-order valence-electron chi connectivity index (χ2n) is 33.4. The molecule has 0 bridgehead atoms. The number of thioether (sulfide) groups is 1. The lowest BCUT2D eigenvalue weighted by atomic mass is 10.00. The number of primary amides is 4. The van der Waals surface area contributed by atoms with Crippen LogP contribution in [0, 0.1) is 5.41 Å². The normalized spacial score (nSPS) is 24.7. The fourth-order valence-electron chi connectivity index (χ4n) is 16.1. The Balaban J connectivity index is 1.20. The number of phenols is 1. The molecule has 46 nitrogen and oxygen atoms in total. The van der Waals surface area contributed by atoms with Crippen molar-refractivity contribution < 1.29 is 106 Å². The molecule has 1 unspecified atom stereocenters. The van der Waals surface area contributed by atoms with E-state index in [9.17, 15) is 72.9 Å². The van der Waals surface area contributed by atoms with Crippen LogP contribution in [0.25, 0.3) is 21.8 Å². The summed E-state index contributed by atoms with van der Waals surface area (Å²) in [4.78, 5) is 285. The van der Waals surface area contributed by atoms with Crippen LogP contribution < -0.4 is 87.2 Å². The molecule has 0 radical (unpaired) electrons. The number of hydrogen-bond donors (Lipinski definition) is 22. The van der Waals surface area contributed by atoms with Crippen molar-refractivity contribution in [1.82, 2.24) is 93.0 Å². The van der Waals surface area contributed by atoms with Crippen LogP contribution in [0.15, 0.2) is 85.2 Å². The van der Waals surface area contributed by atoms with Gasteiger partial charge in [-0.1, -0.05) is 88.1 Å². The number of aliphatic hydroxyl groups excluding tert-OH is 2. The van der Waals surface area contributed by atoms with Gasteiger partial charge in [-0.2, -0.15) is 0 Å². The molecule has 47 heteroatoms. The average Bonchev–Trinajstić information content (AvgIpc) is 1.27. The Morgan fingerprint density at radius 3 is 1.56 bits per heavy atom. The van der Waals surface area contributed by atoms with E-state index in [2.05, 4.69) is 68.5 Å². The van der Waals surface area contributed by atoms with Crippen molar-refractivity contribution in [3.05, 3.63) is 102 Å². The minimum absolute atomic E-state index is 0.0162. The highest BCUT2D eigenvalue weighted by atomic mass is 32.2. The molecule has 27 N–H and O–H groups in total. The highest BCUT2D eigenvalue weighted by Gasteiger charge is 2.47. The molecular weight excluding hydrogens is 1770 g/mol. The van der Waals surface area contributed by atoms with Crippen LogP contribution in [0.3, 0.4) is 0 Å². The SMILES string of the molecule is CCCC[C@H]1C(=O)N(C)[C@@H](CCCC)C(=O)N[C@@H](CCCNC(=N)N)C(=O)NC(C(=O)NCC(N)=O)CSCC(=O)N[C@@H](Cc2ccc(O)cc2)C(=O)N(C)[C@@H](C)C(=O)N[C@@H](CC(N)=O)C(=O)N2CCC[C@H]2C(=O)N[C@@H](CC(N)=O)C(=O)N[C@@H](CC(N)=O)C(=O)N2C[C@H](O)C[C@H]2C(=O)N[C@@H](Cc2c[nH]c3ccccc23)C(=O)N[C@@H](CO)C(=O)N[C@@H](Cc2c[nH]c3ccccc23)C(=O)N1C. The van der Waals surface area contributed by atoms with Gasteiger partial charge in [-0.15, -0.1) is 11.8 Å². The van der Waals surface area contributed by atoms with E-state index in [4.69, 9.17) is 34.1 Å². The number of carbonyl (C=O) groups is 19. The molecule has 3 fully saturated rings. The summed E-state index contributed by atoms with van der Waals surface area (Å²) >= 11 is 0.733. The number of benzene rings is 3. The highest BCUT2D eigenvalue weighted by molar-refractivity contribution is 8.00. The van der Waals surface area contributed by atoms with Gasteiger partial charge in [-0.3, -0.25) is 96.5 Å². The number of nitrogens with one attached hydrogen (secondary N) is 14. The second kappa shape index (κ2) is 50.0. The maximum Gasteiger partial charge on any atom is 0.246 e. The highest BCUT2D eigenvalue weighted by Crippen LogP contribution is 2.28. The van der Waals surface area contributed by atoms with Crippen molar-refractivity contribution in [2.75, 3.05) is 65.4 Å². The first kappa shape index (κ1) is 105. The van der Waals surface area contributed by atoms with Crippen LogP contribution in [0.4, 0.5) is 0 Å². The molecule has 3 aliphatic heterocycles. The Morgan fingerprint density at radius 1 is 0.493 bits per heavy atom. The maximum atomic E-state index is 15.7. The number of nitrogens with two attached hydrogens (primary N) is 5. The maximum absolute atomic E-state index is 15.7. The molecule has 19 amide bonds. The van der Waals surface area contributed by atoms with Gasteiger partial charge in [0.15, 0.2) is 5.96 Å². The quantitative estimate of drug-likeness (QED) is 0.0139. The molecule has 0 saturated carbocycles. The van der Waals surface area contributed by atoms with E-state index in [0.29, 0.717) is 64.2 Å². The topological polar surface area (TPSA) is 719 Å². The molecule has 728 valence electrons.